The number of aryl methyl sites for hydroxylation is 1. The molecule has 0 bridgehead atoms. The second-order valence-electron chi connectivity index (χ2n) is 8.17. The number of hydrogen-bond donors (Lipinski definition) is 1. The van der Waals surface area contributed by atoms with Crippen LogP contribution in [0.1, 0.15) is 44.1 Å². The number of amides is 1. The minimum atomic E-state index is -0.925. The third kappa shape index (κ3) is 3.26. The van der Waals surface area contributed by atoms with Gasteiger partial charge in [-0.1, -0.05) is 54.6 Å². The maximum absolute atomic E-state index is 12.9. The highest BCUT2D eigenvalue weighted by molar-refractivity contribution is 5.90. The molecule has 1 heterocycles. The van der Waals surface area contributed by atoms with Gasteiger partial charge in [0.1, 0.15) is 6.61 Å². The van der Waals surface area contributed by atoms with Crippen molar-refractivity contribution in [2.45, 2.75) is 25.8 Å². The predicted octanol–water partition coefficient (Wildman–Crippen LogP) is 5.00. The van der Waals surface area contributed by atoms with E-state index in [9.17, 15) is 14.7 Å². The summed E-state index contributed by atoms with van der Waals surface area (Å²) in [4.78, 5) is 26.1. The van der Waals surface area contributed by atoms with Crippen LogP contribution in [0.25, 0.3) is 11.1 Å². The van der Waals surface area contributed by atoms with Crippen molar-refractivity contribution >= 4 is 12.1 Å². The Morgan fingerprint density at radius 1 is 0.968 bits per heavy atom. The number of carboxylic acids is 1. The molecule has 156 valence electrons. The van der Waals surface area contributed by atoms with E-state index < -0.39 is 5.97 Å². The molecule has 0 radical (unpaired) electrons. The molecule has 5 heteroatoms. The first-order valence-electron chi connectivity index (χ1n) is 10.5. The normalized spacial score (nSPS) is 14.5. The molecule has 0 saturated carbocycles. The van der Waals surface area contributed by atoms with Gasteiger partial charge < -0.3 is 14.7 Å². The van der Waals surface area contributed by atoms with Gasteiger partial charge in [0.15, 0.2) is 0 Å². The molecule has 0 spiro atoms. The SMILES string of the molecule is Cc1ccc(C(=O)O)c2c1CN(C(=O)OCC1c3ccccc3-c3ccccc31)CC2. The molecule has 5 rings (SSSR count). The van der Waals surface area contributed by atoms with Crippen LogP contribution in [-0.4, -0.2) is 35.2 Å². The zero-order valence-corrected chi connectivity index (χ0v) is 17.3. The van der Waals surface area contributed by atoms with Crippen LogP contribution in [-0.2, 0) is 17.7 Å². The average Bonchev–Trinajstić information content (AvgIpc) is 3.11. The number of rotatable bonds is 3. The van der Waals surface area contributed by atoms with Crippen LogP contribution in [0.2, 0.25) is 0 Å². The molecule has 0 unspecified atom stereocenters. The molecule has 1 N–H and O–H groups in total. The number of fused-ring (bicyclic) bond motifs is 4. The van der Waals surface area contributed by atoms with Crippen molar-refractivity contribution in [3.63, 3.8) is 0 Å². The topological polar surface area (TPSA) is 66.8 Å². The largest absolute Gasteiger partial charge is 0.478 e. The van der Waals surface area contributed by atoms with Gasteiger partial charge in [0, 0.05) is 19.0 Å². The number of ether oxygens (including phenoxy) is 1. The number of benzene rings is 3. The minimum Gasteiger partial charge on any atom is -0.478 e. The molecule has 31 heavy (non-hydrogen) atoms. The maximum Gasteiger partial charge on any atom is 0.410 e. The number of carbonyl (C=O) groups excluding carboxylic acids is 1. The standard InChI is InChI=1S/C26H23NO4/c1-16-10-11-22(25(28)29)21-12-13-27(14-23(16)21)26(30)31-15-24-19-8-4-2-6-17(19)18-7-3-5-9-20(18)24/h2-11,24H,12-15H2,1H3,(H,28,29). The fraction of sp³-hybridized carbons (Fsp3) is 0.231. The average molecular weight is 413 g/mol. The highest BCUT2D eigenvalue weighted by Gasteiger charge is 2.31. The maximum atomic E-state index is 12.9. The van der Waals surface area contributed by atoms with Gasteiger partial charge >= 0.3 is 12.1 Å². The van der Waals surface area contributed by atoms with Gasteiger partial charge in [-0.05, 0) is 58.4 Å². The lowest BCUT2D eigenvalue weighted by molar-refractivity contribution is 0.0694. The smallest absolute Gasteiger partial charge is 0.410 e. The van der Waals surface area contributed by atoms with E-state index in [4.69, 9.17) is 4.74 Å². The lowest BCUT2D eigenvalue weighted by Crippen LogP contribution is -2.38. The molecule has 1 aliphatic carbocycles. The highest BCUT2D eigenvalue weighted by atomic mass is 16.6. The summed E-state index contributed by atoms with van der Waals surface area (Å²) in [5.74, 6) is -0.903. The van der Waals surface area contributed by atoms with Gasteiger partial charge in [-0.2, -0.15) is 0 Å². The molecule has 2 aliphatic rings. The van der Waals surface area contributed by atoms with E-state index in [2.05, 4.69) is 24.3 Å². The molecule has 1 aliphatic heterocycles. The zero-order valence-electron chi connectivity index (χ0n) is 17.3. The van der Waals surface area contributed by atoms with Crippen LogP contribution in [0.15, 0.2) is 60.7 Å². The quantitative estimate of drug-likeness (QED) is 0.656. The molecule has 3 aromatic rings. The first kappa shape index (κ1) is 19.4. The summed E-state index contributed by atoms with van der Waals surface area (Å²) in [5, 5.41) is 9.47. The van der Waals surface area contributed by atoms with E-state index in [1.54, 1.807) is 11.0 Å². The van der Waals surface area contributed by atoms with Crippen molar-refractivity contribution in [2.24, 2.45) is 0 Å². The molecular formula is C26H23NO4. The molecule has 0 aromatic heterocycles. The van der Waals surface area contributed by atoms with E-state index in [-0.39, 0.29) is 18.6 Å². The van der Waals surface area contributed by atoms with Crippen LogP contribution < -0.4 is 0 Å². The Morgan fingerprint density at radius 2 is 1.61 bits per heavy atom. The van der Waals surface area contributed by atoms with Crippen LogP contribution in [0.5, 0.6) is 0 Å². The second-order valence-corrected chi connectivity index (χ2v) is 8.17. The van der Waals surface area contributed by atoms with Crippen molar-refractivity contribution in [1.29, 1.82) is 0 Å². The first-order chi connectivity index (χ1) is 15.0. The zero-order chi connectivity index (χ0) is 21.5. The summed E-state index contributed by atoms with van der Waals surface area (Å²) < 4.78 is 5.78. The Bertz CT molecular complexity index is 1150. The Morgan fingerprint density at radius 3 is 2.26 bits per heavy atom. The van der Waals surface area contributed by atoms with Crippen molar-refractivity contribution in [2.75, 3.05) is 13.2 Å². The summed E-state index contributed by atoms with van der Waals surface area (Å²) in [6.45, 7) is 3.06. The van der Waals surface area contributed by atoms with Crippen LogP contribution in [0, 0.1) is 6.92 Å². The lowest BCUT2D eigenvalue weighted by Gasteiger charge is -2.30. The number of carbonyl (C=O) groups is 2. The number of aromatic carboxylic acids is 1. The van der Waals surface area contributed by atoms with Crippen molar-refractivity contribution < 1.29 is 19.4 Å². The summed E-state index contributed by atoms with van der Waals surface area (Å²) >= 11 is 0. The minimum absolute atomic E-state index is 0.0220. The summed E-state index contributed by atoms with van der Waals surface area (Å²) in [6, 6.07) is 20.0. The van der Waals surface area contributed by atoms with Gasteiger partial charge in [0.25, 0.3) is 0 Å². The van der Waals surface area contributed by atoms with E-state index in [1.165, 1.54) is 22.3 Å². The van der Waals surface area contributed by atoms with Crippen molar-refractivity contribution in [3.05, 3.63) is 94.0 Å². The molecule has 0 fully saturated rings. The van der Waals surface area contributed by atoms with E-state index in [0.29, 0.717) is 25.1 Å². The van der Waals surface area contributed by atoms with Crippen LogP contribution >= 0.6 is 0 Å². The summed E-state index contributed by atoms with van der Waals surface area (Å²) in [7, 11) is 0. The third-order valence-corrected chi connectivity index (χ3v) is 6.47. The molecular weight excluding hydrogens is 390 g/mol. The fourth-order valence-corrected chi connectivity index (χ4v) is 4.87. The van der Waals surface area contributed by atoms with E-state index >= 15 is 0 Å². The molecule has 3 aromatic carbocycles. The molecule has 0 atom stereocenters. The molecule has 0 saturated heterocycles. The molecule has 5 nitrogen and oxygen atoms in total. The van der Waals surface area contributed by atoms with Gasteiger partial charge in [-0.15, -0.1) is 0 Å². The Kier molecular flexibility index (Phi) is 4.74. The third-order valence-electron chi connectivity index (χ3n) is 6.47. The fourth-order valence-electron chi connectivity index (χ4n) is 4.87. The van der Waals surface area contributed by atoms with Crippen molar-refractivity contribution in [1.82, 2.24) is 4.90 Å². The highest BCUT2D eigenvalue weighted by Crippen LogP contribution is 2.44. The Balaban J connectivity index is 1.34. The van der Waals surface area contributed by atoms with E-state index in [1.807, 2.05) is 37.3 Å². The number of hydrogen-bond acceptors (Lipinski definition) is 3. The monoisotopic (exact) mass is 413 g/mol. The summed E-state index contributed by atoms with van der Waals surface area (Å²) in [6.07, 6.45) is 0.163. The lowest BCUT2D eigenvalue weighted by atomic mass is 9.91. The van der Waals surface area contributed by atoms with Crippen LogP contribution in [0.3, 0.4) is 0 Å². The number of carboxylic acid groups (broad SMARTS) is 1. The second kappa shape index (κ2) is 7.58. The van der Waals surface area contributed by atoms with Gasteiger partial charge in [0.05, 0.1) is 5.56 Å². The van der Waals surface area contributed by atoms with Crippen molar-refractivity contribution in [3.8, 4) is 11.1 Å². The Labute approximate surface area is 180 Å². The summed E-state index contributed by atoms with van der Waals surface area (Å²) in [5.41, 5.74) is 7.83. The first-order valence-corrected chi connectivity index (χ1v) is 10.5. The molecule has 1 amide bonds. The van der Waals surface area contributed by atoms with Gasteiger partial charge in [-0.3, -0.25) is 0 Å². The van der Waals surface area contributed by atoms with Crippen LogP contribution in [0.4, 0.5) is 4.79 Å². The number of nitrogens with zero attached hydrogens (tertiary/aromatic N) is 1. The predicted molar refractivity (Wildman–Crippen MR) is 117 cm³/mol. The van der Waals surface area contributed by atoms with Gasteiger partial charge in [0.2, 0.25) is 0 Å². The van der Waals surface area contributed by atoms with Gasteiger partial charge in [-0.25, -0.2) is 9.59 Å². The van der Waals surface area contributed by atoms with E-state index in [0.717, 1.165) is 16.7 Å². The Hall–Kier alpha value is -3.60.